The van der Waals surface area contributed by atoms with Crippen LogP contribution in [0.1, 0.15) is 36.8 Å². The van der Waals surface area contributed by atoms with Gasteiger partial charge < -0.3 is 4.42 Å². The Balaban J connectivity index is 1.91. The number of unbranched alkanes of at least 4 members (excludes halogenated alkanes) is 2. The summed E-state index contributed by atoms with van der Waals surface area (Å²) in [6.07, 6.45) is 2.78. The van der Waals surface area contributed by atoms with Gasteiger partial charge in [0, 0.05) is 24.5 Å². The van der Waals surface area contributed by atoms with Crippen molar-refractivity contribution in [3.63, 3.8) is 0 Å². The highest BCUT2D eigenvalue weighted by Crippen LogP contribution is 2.30. The van der Waals surface area contributed by atoms with E-state index >= 15 is 0 Å². The highest BCUT2D eigenvalue weighted by Gasteiger charge is 2.26. The van der Waals surface area contributed by atoms with Crippen LogP contribution in [0.5, 0.6) is 0 Å². The predicted octanol–water partition coefficient (Wildman–Crippen LogP) is 3.37. The second-order valence-corrected chi connectivity index (χ2v) is 5.84. The summed E-state index contributed by atoms with van der Waals surface area (Å²) >= 11 is 2.00. The maximum absolute atomic E-state index is 8.55. The fraction of sp³-hybridized carbons (Fsp3) is 0.643. The van der Waals surface area contributed by atoms with Gasteiger partial charge >= 0.3 is 0 Å². The Bertz CT molecular complexity index is 410. The van der Waals surface area contributed by atoms with Crippen molar-refractivity contribution >= 4 is 11.8 Å². The van der Waals surface area contributed by atoms with Crippen LogP contribution in [0.3, 0.4) is 0 Å². The first-order valence-corrected chi connectivity index (χ1v) is 7.72. The molecule has 18 heavy (non-hydrogen) atoms. The molecule has 0 N–H and O–H groups in total. The number of thioether (sulfide) groups is 1. The molecule has 1 saturated heterocycles. The van der Waals surface area contributed by atoms with Crippen LogP contribution in [0, 0.1) is 18.3 Å². The average Bonchev–Trinajstić information content (AvgIpc) is 2.82. The third-order valence-electron chi connectivity index (χ3n) is 3.31. The molecule has 1 fully saturated rings. The first-order chi connectivity index (χ1) is 8.81. The van der Waals surface area contributed by atoms with Gasteiger partial charge in [-0.2, -0.15) is 17.0 Å². The zero-order valence-electron chi connectivity index (χ0n) is 10.9. The molecule has 0 radical (unpaired) electrons. The van der Waals surface area contributed by atoms with E-state index in [2.05, 4.69) is 17.0 Å². The molecule has 0 aromatic carbocycles. The standard InChI is InChI=1S/C14H20N2OS/c1-12-5-6-14(17-12)13-11-18-10-9-16(13)8-4-2-3-7-15/h5-6,13H,2-4,8-11H2,1H3/t13-/m1/s1. The maximum atomic E-state index is 8.55. The summed E-state index contributed by atoms with van der Waals surface area (Å²) in [7, 11) is 0. The molecule has 0 saturated carbocycles. The largest absolute Gasteiger partial charge is 0.465 e. The van der Waals surface area contributed by atoms with Crippen molar-refractivity contribution < 1.29 is 4.42 Å². The molecule has 0 amide bonds. The molecular weight excluding hydrogens is 244 g/mol. The van der Waals surface area contributed by atoms with E-state index in [0.717, 1.165) is 43.2 Å². The van der Waals surface area contributed by atoms with Crippen molar-refractivity contribution in [3.8, 4) is 6.07 Å². The molecule has 2 rings (SSSR count). The van der Waals surface area contributed by atoms with E-state index in [9.17, 15) is 0 Å². The molecule has 0 bridgehead atoms. The third-order valence-corrected chi connectivity index (χ3v) is 4.34. The van der Waals surface area contributed by atoms with Gasteiger partial charge in [-0.25, -0.2) is 0 Å². The summed E-state index contributed by atoms with van der Waals surface area (Å²) in [6, 6.07) is 6.78. The molecule has 1 aliphatic heterocycles. The van der Waals surface area contributed by atoms with Gasteiger partial charge in [0.05, 0.1) is 12.1 Å². The van der Waals surface area contributed by atoms with Gasteiger partial charge in [0.15, 0.2) is 0 Å². The van der Waals surface area contributed by atoms with E-state index in [1.54, 1.807) is 0 Å². The number of nitrogens with zero attached hydrogens (tertiary/aromatic N) is 2. The minimum Gasteiger partial charge on any atom is -0.465 e. The van der Waals surface area contributed by atoms with Crippen LogP contribution in [0.4, 0.5) is 0 Å². The molecule has 0 spiro atoms. The quantitative estimate of drug-likeness (QED) is 0.764. The van der Waals surface area contributed by atoms with Gasteiger partial charge in [-0.3, -0.25) is 4.90 Å². The minimum atomic E-state index is 0.416. The number of hydrogen-bond donors (Lipinski definition) is 0. The zero-order valence-corrected chi connectivity index (χ0v) is 11.7. The third kappa shape index (κ3) is 3.54. The number of furan rings is 1. The van der Waals surface area contributed by atoms with E-state index in [-0.39, 0.29) is 0 Å². The predicted molar refractivity (Wildman–Crippen MR) is 74.5 cm³/mol. The topological polar surface area (TPSA) is 40.2 Å². The van der Waals surface area contributed by atoms with Crippen LogP contribution in [-0.4, -0.2) is 29.5 Å². The van der Waals surface area contributed by atoms with E-state index in [4.69, 9.17) is 9.68 Å². The average molecular weight is 264 g/mol. The molecule has 3 nitrogen and oxygen atoms in total. The molecular formula is C14H20N2OS. The molecule has 0 aliphatic carbocycles. The Morgan fingerprint density at radius 1 is 1.50 bits per heavy atom. The van der Waals surface area contributed by atoms with Gasteiger partial charge in [-0.1, -0.05) is 0 Å². The Morgan fingerprint density at radius 2 is 2.39 bits per heavy atom. The highest BCUT2D eigenvalue weighted by atomic mass is 32.2. The summed E-state index contributed by atoms with van der Waals surface area (Å²) in [5, 5.41) is 8.55. The Kier molecular flexibility index (Phi) is 5.15. The molecule has 2 heterocycles. The first kappa shape index (κ1) is 13.5. The van der Waals surface area contributed by atoms with E-state index in [1.807, 2.05) is 24.8 Å². The van der Waals surface area contributed by atoms with Gasteiger partial charge in [0.2, 0.25) is 0 Å². The van der Waals surface area contributed by atoms with Gasteiger partial charge in [0.1, 0.15) is 11.5 Å². The smallest absolute Gasteiger partial charge is 0.122 e. The molecule has 1 atom stereocenters. The van der Waals surface area contributed by atoms with Crippen molar-refractivity contribution in [2.45, 2.75) is 32.2 Å². The minimum absolute atomic E-state index is 0.416. The van der Waals surface area contributed by atoms with Crippen LogP contribution >= 0.6 is 11.8 Å². The highest BCUT2D eigenvalue weighted by molar-refractivity contribution is 7.99. The number of hydrogen-bond acceptors (Lipinski definition) is 4. The maximum Gasteiger partial charge on any atom is 0.122 e. The molecule has 1 aliphatic rings. The fourth-order valence-electron chi connectivity index (χ4n) is 2.32. The second-order valence-electron chi connectivity index (χ2n) is 4.69. The molecule has 0 unspecified atom stereocenters. The van der Waals surface area contributed by atoms with Crippen molar-refractivity contribution in [3.05, 3.63) is 23.7 Å². The van der Waals surface area contributed by atoms with Crippen LogP contribution in [-0.2, 0) is 0 Å². The van der Waals surface area contributed by atoms with Gasteiger partial charge in [-0.15, -0.1) is 0 Å². The van der Waals surface area contributed by atoms with Crippen LogP contribution in [0.15, 0.2) is 16.5 Å². The normalized spacial score (nSPS) is 20.8. The lowest BCUT2D eigenvalue weighted by atomic mass is 10.1. The summed E-state index contributed by atoms with van der Waals surface area (Å²) in [4.78, 5) is 2.51. The summed E-state index contributed by atoms with van der Waals surface area (Å²) in [5.41, 5.74) is 0. The van der Waals surface area contributed by atoms with Crippen LogP contribution in [0.25, 0.3) is 0 Å². The summed E-state index contributed by atoms with van der Waals surface area (Å²) in [6.45, 7) is 4.20. The molecule has 1 aromatic heterocycles. The SMILES string of the molecule is Cc1ccc([C@H]2CSCCN2CCCCC#N)o1. The Hall–Kier alpha value is -0.920. The Morgan fingerprint density at radius 3 is 3.11 bits per heavy atom. The Labute approximate surface area is 113 Å². The number of rotatable bonds is 5. The van der Waals surface area contributed by atoms with Crippen molar-refractivity contribution in [2.75, 3.05) is 24.6 Å². The van der Waals surface area contributed by atoms with E-state index in [1.165, 1.54) is 5.75 Å². The van der Waals surface area contributed by atoms with Crippen LogP contribution < -0.4 is 0 Å². The first-order valence-electron chi connectivity index (χ1n) is 6.56. The number of aryl methyl sites for hydroxylation is 1. The molecule has 1 aromatic rings. The van der Waals surface area contributed by atoms with Gasteiger partial charge in [0.25, 0.3) is 0 Å². The second kappa shape index (κ2) is 6.86. The molecule has 4 heteroatoms. The van der Waals surface area contributed by atoms with Crippen molar-refractivity contribution in [1.29, 1.82) is 5.26 Å². The summed E-state index contributed by atoms with van der Waals surface area (Å²) < 4.78 is 5.77. The van der Waals surface area contributed by atoms with Crippen molar-refractivity contribution in [2.24, 2.45) is 0 Å². The zero-order chi connectivity index (χ0) is 12.8. The van der Waals surface area contributed by atoms with Gasteiger partial charge in [-0.05, 0) is 38.4 Å². The summed E-state index contributed by atoms with van der Waals surface area (Å²) in [5.74, 6) is 4.41. The lowest BCUT2D eigenvalue weighted by Gasteiger charge is -2.34. The lowest BCUT2D eigenvalue weighted by molar-refractivity contribution is 0.192. The van der Waals surface area contributed by atoms with Crippen LogP contribution in [0.2, 0.25) is 0 Å². The lowest BCUT2D eigenvalue weighted by Crippen LogP contribution is -2.36. The van der Waals surface area contributed by atoms with E-state index < -0.39 is 0 Å². The molecule has 98 valence electrons. The van der Waals surface area contributed by atoms with E-state index in [0.29, 0.717) is 12.5 Å². The monoisotopic (exact) mass is 264 g/mol. The van der Waals surface area contributed by atoms with Crippen molar-refractivity contribution in [1.82, 2.24) is 4.90 Å². The fourth-order valence-corrected chi connectivity index (χ4v) is 3.45. The number of nitriles is 1.